The second-order valence-electron chi connectivity index (χ2n) is 4.95. The van der Waals surface area contributed by atoms with Crippen molar-refractivity contribution in [2.75, 3.05) is 6.54 Å². The highest BCUT2D eigenvalue weighted by Crippen LogP contribution is 2.09. The van der Waals surface area contributed by atoms with E-state index in [4.69, 9.17) is 20.7 Å². The first-order chi connectivity index (χ1) is 7.76. The number of carbonyl (C=O) groups is 1. The monoisotopic (exact) mass is 248 g/mol. The molecule has 6 heteroatoms. The Morgan fingerprint density at radius 1 is 1.35 bits per heavy atom. The fourth-order valence-electron chi connectivity index (χ4n) is 1.26. The number of amides is 1. The van der Waals surface area contributed by atoms with Crippen molar-refractivity contribution in [3.63, 3.8) is 0 Å². The predicted molar refractivity (Wildman–Crippen MR) is 64.3 cm³/mol. The molecule has 0 saturated carbocycles. The van der Waals surface area contributed by atoms with Gasteiger partial charge in [0.25, 0.3) is 0 Å². The van der Waals surface area contributed by atoms with Gasteiger partial charge in [-0.1, -0.05) is 0 Å². The van der Waals surface area contributed by atoms with Crippen LogP contribution in [0.5, 0.6) is 0 Å². The molecule has 5 N–H and O–H groups in total. The summed E-state index contributed by atoms with van der Waals surface area (Å²) < 4.78 is 5.03. The molecule has 1 amide bonds. The van der Waals surface area contributed by atoms with Crippen molar-refractivity contribution in [1.29, 1.82) is 0 Å². The third-order valence-corrected chi connectivity index (χ3v) is 2.03. The normalized spacial score (nSPS) is 13.6. The summed E-state index contributed by atoms with van der Waals surface area (Å²) in [6.45, 7) is 5.77. The van der Waals surface area contributed by atoms with Crippen LogP contribution < -0.4 is 11.1 Å². The second kappa shape index (κ2) is 7.47. The van der Waals surface area contributed by atoms with E-state index < -0.39 is 24.0 Å². The fraction of sp³-hybridized carbons (Fsp3) is 0.909. The van der Waals surface area contributed by atoms with E-state index in [1.165, 1.54) is 0 Å². The van der Waals surface area contributed by atoms with E-state index in [-0.39, 0.29) is 0 Å². The van der Waals surface area contributed by atoms with E-state index in [1.807, 2.05) is 0 Å². The molecule has 102 valence electrons. The number of ether oxygens (including phenoxy) is 1. The molecule has 0 radical (unpaired) electrons. The average molecular weight is 248 g/mol. The quantitative estimate of drug-likeness (QED) is 0.400. The molecule has 0 aromatic heterocycles. The molecule has 0 spiro atoms. The molecule has 6 nitrogen and oxygen atoms in total. The zero-order chi connectivity index (χ0) is 13.5. The van der Waals surface area contributed by atoms with Crippen LogP contribution in [0.3, 0.4) is 0 Å². The van der Waals surface area contributed by atoms with Crippen LogP contribution in [-0.2, 0) is 4.74 Å². The minimum absolute atomic E-state index is 0.452. The summed E-state index contributed by atoms with van der Waals surface area (Å²) in [5, 5.41) is 20.7. The molecule has 0 saturated heterocycles. The Bertz CT molecular complexity index is 226. The van der Waals surface area contributed by atoms with Crippen LogP contribution in [0.25, 0.3) is 0 Å². The summed E-state index contributed by atoms with van der Waals surface area (Å²) in [6.07, 6.45) is -0.300. The number of unbranched alkanes of at least 4 members (excludes halogenated alkanes) is 1. The van der Waals surface area contributed by atoms with Crippen molar-refractivity contribution >= 4 is 6.09 Å². The van der Waals surface area contributed by atoms with Crippen LogP contribution in [0.1, 0.15) is 40.0 Å². The zero-order valence-corrected chi connectivity index (χ0v) is 10.8. The van der Waals surface area contributed by atoms with Crippen LogP contribution in [0.4, 0.5) is 4.79 Å². The SMILES string of the molecule is CC(C)(C)OC(=O)NC(CCCCN)C(O)O. The molecular weight excluding hydrogens is 224 g/mol. The van der Waals surface area contributed by atoms with Crippen LogP contribution >= 0.6 is 0 Å². The smallest absolute Gasteiger partial charge is 0.408 e. The number of rotatable bonds is 6. The van der Waals surface area contributed by atoms with Crippen molar-refractivity contribution in [1.82, 2.24) is 5.32 Å². The van der Waals surface area contributed by atoms with Crippen molar-refractivity contribution in [3.05, 3.63) is 0 Å². The highest BCUT2D eigenvalue weighted by Gasteiger charge is 2.22. The molecule has 0 aliphatic rings. The minimum atomic E-state index is -1.60. The second-order valence-corrected chi connectivity index (χ2v) is 4.95. The zero-order valence-electron chi connectivity index (χ0n) is 10.8. The van der Waals surface area contributed by atoms with Gasteiger partial charge in [0.1, 0.15) is 5.60 Å². The van der Waals surface area contributed by atoms with Crippen molar-refractivity contribution in [2.45, 2.75) is 58.0 Å². The van der Waals surface area contributed by atoms with Crippen molar-refractivity contribution in [2.24, 2.45) is 5.73 Å². The maximum Gasteiger partial charge on any atom is 0.408 e. The first kappa shape index (κ1) is 16.1. The van der Waals surface area contributed by atoms with Gasteiger partial charge in [-0.25, -0.2) is 4.79 Å². The Kier molecular flexibility index (Phi) is 7.10. The number of carbonyl (C=O) groups excluding carboxylic acids is 1. The van der Waals surface area contributed by atoms with Crippen LogP contribution in [0.2, 0.25) is 0 Å². The van der Waals surface area contributed by atoms with E-state index in [0.717, 1.165) is 6.42 Å². The molecule has 0 aliphatic carbocycles. The topological polar surface area (TPSA) is 105 Å². The minimum Gasteiger partial charge on any atom is -0.444 e. The number of aliphatic hydroxyl groups excluding tert-OH is 1. The van der Waals surface area contributed by atoms with Crippen LogP contribution in [0.15, 0.2) is 0 Å². The molecule has 1 atom stereocenters. The summed E-state index contributed by atoms with van der Waals surface area (Å²) in [7, 11) is 0. The molecule has 0 aliphatic heterocycles. The molecule has 0 rings (SSSR count). The molecule has 1 unspecified atom stereocenters. The highest BCUT2D eigenvalue weighted by atomic mass is 16.6. The Morgan fingerprint density at radius 2 is 1.94 bits per heavy atom. The van der Waals surface area contributed by atoms with Crippen LogP contribution in [0, 0.1) is 0 Å². The predicted octanol–water partition coefficient (Wildman–Crippen LogP) is 0.319. The fourth-order valence-corrected chi connectivity index (χ4v) is 1.26. The molecular formula is C11H24N2O4. The molecule has 0 aromatic carbocycles. The average Bonchev–Trinajstić information content (AvgIpc) is 2.13. The number of nitrogens with one attached hydrogen (secondary N) is 1. The molecule has 0 aromatic rings. The van der Waals surface area contributed by atoms with Crippen molar-refractivity contribution < 1.29 is 19.7 Å². The Labute approximate surface area is 102 Å². The number of hydrogen-bond acceptors (Lipinski definition) is 5. The third-order valence-electron chi connectivity index (χ3n) is 2.03. The third kappa shape index (κ3) is 8.91. The van der Waals surface area contributed by atoms with Gasteiger partial charge in [0.15, 0.2) is 6.29 Å². The lowest BCUT2D eigenvalue weighted by atomic mass is 10.1. The summed E-state index contributed by atoms with van der Waals surface area (Å²) in [6, 6.07) is -0.726. The van der Waals surface area contributed by atoms with E-state index in [2.05, 4.69) is 5.32 Å². The van der Waals surface area contributed by atoms with Gasteiger partial charge in [-0.3, -0.25) is 0 Å². The lowest BCUT2D eigenvalue weighted by molar-refractivity contribution is -0.0702. The van der Waals surface area contributed by atoms with Gasteiger partial charge >= 0.3 is 6.09 Å². The summed E-state index contributed by atoms with van der Waals surface area (Å²) in [5.74, 6) is 0. The summed E-state index contributed by atoms with van der Waals surface area (Å²) in [5.41, 5.74) is 4.73. The molecule has 0 bridgehead atoms. The maximum absolute atomic E-state index is 11.4. The van der Waals surface area contributed by atoms with Gasteiger partial charge in [0.2, 0.25) is 0 Å². The van der Waals surface area contributed by atoms with E-state index in [1.54, 1.807) is 20.8 Å². The summed E-state index contributed by atoms with van der Waals surface area (Å²) >= 11 is 0. The first-order valence-electron chi connectivity index (χ1n) is 5.82. The van der Waals surface area contributed by atoms with Gasteiger partial charge in [0.05, 0.1) is 6.04 Å². The number of hydrogen-bond donors (Lipinski definition) is 4. The molecule has 17 heavy (non-hydrogen) atoms. The highest BCUT2D eigenvalue weighted by molar-refractivity contribution is 5.68. The Hall–Kier alpha value is -0.850. The Morgan fingerprint density at radius 3 is 2.35 bits per heavy atom. The lowest BCUT2D eigenvalue weighted by Crippen LogP contribution is -2.45. The number of alkyl carbamates (subject to hydrolysis) is 1. The van der Waals surface area contributed by atoms with Crippen molar-refractivity contribution in [3.8, 4) is 0 Å². The van der Waals surface area contributed by atoms with E-state index in [9.17, 15) is 4.79 Å². The standard InChI is InChI=1S/C11H24N2O4/c1-11(2,3)17-10(16)13-8(9(14)15)6-4-5-7-12/h8-9,14-15H,4-7,12H2,1-3H3,(H,13,16). The maximum atomic E-state index is 11.4. The van der Waals surface area contributed by atoms with Gasteiger partial charge in [-0.05, 0) is 46.6 Å². The van der Waals surface area contributed by atoms with E-state index in [0.29, 0.717) is 19.4 Å². The van der Waals surface area contributed by atoms with Crippen LogP contribution in [-0.4, -0.2) is 40.8 Å². The van der Waals surface area contributed by atoms with Gasteiger partial charge in [-0.2, -0.15) is 0 Å². The van der Waals surface area contributed by atoms with E-state index >= 15 is 0 Å². The molecule has 0 heterocycles. The first-order valence-corrected chi connectivity index (χ1v) is 5.82. The van der Waals surface area contributed by atoms with Gasteiger partial charge in [-0.15, -0.1) is 0 Å². The van der Waals surface area contributed by atoms with Gasteiger partial charge < -0.3 is 26.0 Å². The van der Waals surface area contributed by atoms with Gasteiger partial charge in [0, 0.05) is 0 Å². The summed E-state index contributed by atoms with van der Waals surface area (Å²) in [4.78, 5) is 11.4. The molecule has 0 fully saturated rings. The number of nitrogens with two attached hydrogens (primary N) is 1. The lowest BCUT2D eigenvalue weighted by Gasteiger charge is -2.24. The number of aliphatic hydroxyl groups is 2. The Balaban J connectivity index is 4.11. The largest absolute Gasteiger partial charge is 0.444 e.